The Kier molecular flexibility index (Phi) is 8.25. The summed E-state index contributed by atoms with van der Waals surface area (Å²) in [5.41, 5.74) is 3.20. The summed E-state index contributed by atoms with van der Waals surface area (Å²) in [6, 6.07) is 16.0. The molecule has 10 heteroatoms. The summed E-state index contributed by atoms with van der Waals surface area (Å²) in [4.78, 5) is 11.9. The minimum atomic E-state index is -4.76. The number of rotatable bonds is 8. The monoisotopic (exact) mass is 544 g/mol. The van der Waals surface area contributed by atoms with Gasteiger partial charge in [0, 0.05) is 5.56 Å². The van der Waals surface area contributed by atoms with Gasteiger partial charge in [0.05, 0.1) is 44.9 Å². The van der Waals surface area contributed by atoms with Crippen molar-refractivity contribution in [2.75, 3.05) is 25.8 Å². The molecule has 3 aromatic rings. The maximum atomic E-state index is 14.4. The summed E-state index contributed by atoms with van der Waals surface area (Å²) in [5, 5.41) is 14.6. The molecule has 1 N–H and O–H groups in total. The van der Waals surface area contributed by atoms with Crippen LogP contribution in [0.4, 0.5) is 23.2 Å². The number of ether oxygens (including phenoxy) is 2. The molecule has 0 fully saturated rings. The molecule has 0 aliphatic carbocycles. The van der Waals surface area contributed by atoms with Crippen LogP contribution in [-0.2, 0) is 16.0 Å². The number of carbonyl (C=O) groups excluding carboxylic acids is 1. The van der Waals surface area contributed by atoms with Crippen molar-refractivity contribution in [3.63, 3.8) is 0 Å². The van der Waals surface area contributed by atoms with Gasteiger partial charge >= 0.3 is 12.1 Å². The molecule has 0 saturated heterocycles. The van der Waals surface area contributed by atoms with Gasteiger partial charge in [-0.3, -0.25) is 9.80 Å². The first-order chi connectivity index (χ1) is 18.5. The fraction of sp³-hybridized carbons (Fsp3) is 0.310. The summed E-state index contributed by atoms with van der Waals surface area (Å²) in [6.07, 6.45) is -4.59. The largest absolute Gasteiger partial charge is 0.497 e. The van der Waals surface area contributed by atoms with Crippen molar-refractivity contribution in [1.82, 2.24) is 0 Å². The van der Waals surface area contributed by atoms with E-state index in [9.17, 15) is 27.5 Å². The first-order valence-electron chi connectivity index (χ1n) is 12.2. The van der Waals surface area contributed by atoms with E-state index in [4.69, 9.17) is 4.74 Å². The van der Waals surface area contributed by atoms with Gasteiger partial charge in [-0.1, -0.05) is 30.3 Å². The first-order valence-corrected chi connectivity index (χ1v) is 12.2. The van der Waals surface area contributed by atoms with Crippen molar-refractivity contribution in [3.8, 4) is 16.9 Å². The van der Waals surface area contributed by atoms with Crippen LogP contribution < -0.4 is 9.75 Å². The fourth-order valence-electron chi connectivity index (χ4n) is 4.72. The highest BCUT2D eigenvalue weighted by Crippen LogP contribution is 2.37. The number of hydrogen-bond acceptors (Lipinski definition) is 6. The number of nitrogens with zero attached hydrogens (tertiary/aromatic N) is 2. The molecule has 206 valence electrons. The van der Waals surface area contributed by atoms with Crippen LogP contribution in [-0.4, -0.2) is 49.8 Å². The van der Waals surface area contributed by atoms with Gasteiger partial charge in [0.15, 0.2) is 0 Å². The quantitative estimate of drug-likeness (QED) is 0.292. The second-order valence-electron chi connectivity index (χ2n) is 9.29. The highest BCUT2D eigenvalue weighted by atomic mass is 19.4. The maximum absolute atomic E-state index is 14.4. The van der Waals surface area contributed by atoms with Crippen LogP contribution in [0.2, 0.25) is 0 Å². The van der Waals surface area contributed by atoms with Gasteiger partial charge in [-0.15, -0.1) is 0 Å². The van der Waals surface area contributed by atoms with Gasteiger partial charge in [-0.2, -0.15) is 18.3 Å². The first kappa shape index (κ1) is 28.1. The summed E-state index contributed by atoms with van der Waals surface area (Å²) in [5.74, 6) is -1.89. The molecule has 4 rings (SSSR count). The molecule has 1 heterocycles. The Balaban J connectivity index is 1.57. The molecule has 3 aromatic carbocycles. The van der Waals surface area contributed by atoms with E-state index in [0.29, 0.717) is 29.0 Å². The highest BCUT2D eigenvalue weighted by molar-refractivity contribution is 5.96. The summed E-state index contributed by atoms with van der Waals surface area (Å²) in [7, 11) is 2.67. The predicted octanol–water partition coefficient (Wildman–Crippen LogP) is 5.68. The third-order valence-electron chi connectivity index (χ3n) is 6.86. The molecule has 0 radical (unpaired) electrons. The van der Waals surface area contributed by atoms with E-state index in [1.807, 2.05) is 25.1 Å². The summed E-state index contributed by atoms with van der Waals surface area (Å²) in [6.45, 7) is 1.11. The molecule has 0 amide bonds. The van der Waals surface area contributed by atoms with E-state index in [1.54, 1.807) is 36.4 Å². The Morgan fingerprint density at radius 2 is 1.77 bits per heavy atom. The maximum Gasteiger partial charge on any atom is 0.431 e. The zero-order valence-electron chi connectivity index (χ0n) is 21.6. The van der Waals surface area contributed by atoms with Crippen molar-refractivity contribution in [3.05, 3.63) is 83.2 Å². The molecule has 2 unspecified atom stereocenters. The van der Waals surface area contributed by atoms with E-state index < -0.39 is 36.4 Å². The van der Waals surface area contributed by atoms with Gasteiger partial charge in [0.25, 0.3) is 0 Å². The number of anilines is 1. The van der Waals surface area contributed by atoms with Gasteiger partial charge in [0.2, 0.25) is 0 Å². The lowest BCUT2D eigenvalue weighted by atomic mass is 9.93. The number of esters is 1. The van der Waals surface area contributed by atoms with Crippen LogP contribution in [0, 0.1) is 18.7 Å². The molecule has 0 bridgehead atoms. The lowest BCUT2D eigenvalue weighted by Gasteiger charge is -2.26. The molecule has 0 aromatic heterocycles. The number of aliphatic hydroxyl groups is 1. The van der Waals surface area contributed by atoms with Crippen molar-refractivity contribution in [1.29, 1.82) is 0 Å². The van der Waals surface area contributed by atoms with Gasteiger partial charge in [0.1, 0.15) is 17.3 Å². The van der Waals surface area contributed by atoms with Gasteiger partial charge < -0.3 is 14.6 Å². The molecular formula is C29H28F4N2O4. The average Bonchev–Trinajstić information content (AvgIpc) is 3.29. The Morgan fingerprint density at radius 3 is 2.36 bits per heavy atom. The van der Waals surface area contributed by atoms with Crippen molar-refractivity contribution in [2.24, 2.45) is 11.0 Å². The van der Waals surface area contributed by atoms with Crippen LogP contribution in [0.1, 0.15) is 23.1 Å². The van der Waals surface area contributed by atoms with Crippen LogP contribution in [0.5, 0.6) is 5.75 Å². The number of carbonyl (C=O) groups is 1. The second-order valence-corrected chi connectivity index (χ2v) is 9.29. The topological polar surface area (TPSA) is 71.4 Å². The molecule has 1 aliphatic rings. The third kappa shape index (κ3) is 6.06. The van der Waals surface area contributed by atoms with E-state index >= 15 is 0 Å². The minimum absolute atomic E-state index is 0.353. The third-order valence-corrected chi connectivity index (χ3v) is 6.86. The lowest BCUT2D eigenvalue weighted by Crippen LogP contribution is -2.40. The summed E-state index contributed by atoms with van der Waals surface area (Å²) < 4.78 is 65.1. The van der Waals surface area contributed by atoms with Crippen LogP contribution in [0.3, 0.4) is 0 Å². The number of alkyl halides is 3. The van der Waals surface area contributed by atoms with Crippen molar-refractivity contribution in [2.45, 2.75) is 32.0 Å². The minimum Gasteiger partial charge on any atom is -0.497 e. The summed E-state index contributed by atoms with van der Waals surface area (Å²) >= 11 is 0. The van der Waals surface area contributed by atoms with Crippen LogP contribution >= 0.6 is 0 Å². The molecule has 1 aliphatic heterocycles. The number of benzene rings is 3. The van der Waals surface area contributed by atoms with Crippen LogP contribution in [0.25, 0.3) is 11.1 Å². The molecular weight excluding hydrogens is 516 g/mol. The molecule has 0 spiro atoms. The standard InChI is InChI=1S/C29H28F4N2O4/c1-17-12-20(23-14-22(38-2)10-11-25(23)30)7-6-19(17)13-18-4-8-21(9-5-18)35-26(15-27(37)39-3)24(16-36)28(34-35)29(31,32)33/h4-12,14,24,26,36H,13,15-16H2,1-3H3. The van der Waals surface area contributed by atoms with E-state index in [0.717, 1.165) is 28.8 Å². The zero-order chi connectivity index (χ0) is 28.3. The number of hydrogen-bond donors (Lipinski definition) is 1. The van der Waals surface area contributed by atoms with E-state index in [1.165, 1.54) is 13.2 Å². The smallest absolute Gasteiger partial charge is 0.431 e. The predicted molar refractivity (Wildman–Crippen MR) is 139 cm³/mol. The number of hydrazone groups is 1. The SMILES string of the molecule is COC(=O)CC1C(CO)C(C(F)(F)F)=NN1c1ccc(Cc2ccc(-c3cc(OC)ccc3F)cc2C)cc1. The normalized spacial score (nSPS) is 17.2. The molecule has 0 saturated carbocycles. The Labute approximate surface area is 223 Å². The van der Waals surface area contributed by atoms with E-state index in [2.05, 4.69) is 9.84 Å². The number of aliphatic hydroxyl groups excluding tert-OH is 1. The van der Waals surface area contributed by atoms with Crippen molar-refractivity contribution >= 4 is 17.4 Å². The Morgan fingerprint density at radius 1 is 1.05 bits per heavy atom. The second kappa shape index (κ2) is 11.4. The average molecular weight is 545 g/mol. The van der Waals surface area contributed by atoms with Crippen molar-refractivity contribution < 1.29 is 36.9 Å². The fourth-order valence-corrected chi connectivity index (χ4v) is 4.72. The van der Waals surface area contributed by atoms with Gasteiger partial charge in [-0.25, -0.2) is 4.39 Å². The molecule has 6 nitrogen and oxygen atoms in total. The Bertz CT molecular complexity index is 1370. The Hall–Kier alpha value is -3.92. The number of methoxy groups -OCH3 is 2. The number of halogens is 4. The van der Waals surface area contributed by atoms with E-state index in [-0.39, 0.29) is 12.2 Å². The molecule has 2 atom stereocenters. The van der Waals surface area contributed by atoms with Crippen LogP contribution in [0.15, 0.2) is 65.8 Å². The number of aryl methyl sites for hydroxylation is 1. The lowest BCUT2D eigenvalue weighted by molar-refractivity contribution is -0.141. The highest BCUT2D eigenvalue weighted by Gasteiger charge is 2.50. The van der Waals surface area contributed by atoms with Gasteiger partial charge in [-0.05, 0) is 65.9 Å². The zero-order valence-corrected chi connectivity index (χ0v) is 21.6. The molecule has 39 heavy (non-hydrogen) atoms.